The largest absolute Gasteiger partial charge is 0.357 e. The van der Waals surface area contributed by atoms with E-state index in [-0.39, 0.29) is 12.1 Å². The van der Waals surface area contributed by atoms with Crippen molar-refractivity contribution in [2.45, 2.75) is 25.9 Å². The zero-order valence-electron chi connectivity index (χ0n) is 18.1. The van der Waals surface area contributed by atoms with Gasteiger partial charge in [-0.05, 0) is 50.3 Å². The fourth-order valence-electron chi connectivity index (χ4n) is 3.44. The van der Waals surface area contributed by atoms with Gasteiger partial charge in [0.05, 0.1) is 24.8 Å². The van der Waals surface area contributed by atoms with E-state index in [0.717, 1.165) is 12.5 Å². The molecule has 6 nitrogen and oxygen atoms in total. The Bertz CT molecular complexity index is 959. The Hall–Kier alpha value is -2.86. The maximum atomic E-state index is 4.86. The number of nitrogens with zero attached hydrogens (tertiary/aromatic N) is 4. The molecule has 3 rings (SSSR count). The summed E-state index contributed by atoms with van der Waals surface area (Å²) < 4.78 is 1.83. The van der Waals surface area contributed by atoms with Crippen LogP contribution in [0.1, 0.15) is 37.1 Å². The van der Waals surface area contributed by atoms with Crippen LogP contribution in [-0.4, -0.2) is 47.8 Å². The third-order valence-corrected chi connectivity index (χ3v) is 5.13. The Morgan fingerprint density at radius 3 is 2.55 bits per heavy atom. The predicted octanol–water partition coefficient (Wildman–Crippen LogP) is 3.49. The van der Waals surface area contributed by atoms with Gasteiger partial charge in [-0.1, -0.05) is 36.4 Å². The van der Waals surface area contributed by atoms with Crippen molar-refractivity contribution in [1.29, 1.82) is 0 Å². The minimum Gasteiger partial charge on any atom is -0.357 e. The molecule has 0 radical (unpaired) electrons. The molecule has 154 valence electrons. The van der Waals surface area contributed by atoms with E-state index in [4.69, 9.17) is 4.99 Å². The number of rotatable bonds is 7. The third kappa shape index (κ3) is 5.35. The summed E-state index contributed by atoms with van der Waals surface area (Å²) in [6, 6.07) is 15.4. The molecule has 0 spiro atoms. The Kier molecular flexibility index (Phi) is 6.88. The molecule has 0 bridgehead atoms. The smallest absolute Gasteiger partial charge is 0.191 e. The number of fused-ring (bicyclic) bond motifs is 1. The highest BCUT2D eigenvalue weighted by atomic mass is 15.3. The first-order valence-corrected chi connectivity index (χ1v) is 10.2. The van der Waals surface area contributed by atoms with Gasteiger partial charge in [0.1, 0.15) is 0 Å². The number of aliphatic imine (C=N–C) groups is 1. The van der Waals surface area contributed by atoms with Crippen LogP contribution in [0.25, 0.3) is 10.8 Å². The van der Waals surface area contributed by atoms with E-state index in [0.29, 0.717) is 6.54 Å². The van der Waals surface area contributed by atoms with Gasteiger partial charge < -0.3 is 15.5 Å². The zero-order valence-corrected chi connectivity index (χ0v) is 18.1. The molecule has 0 aliphatic rings. The molecule has 6 heteroatoms. The van der Waals surface area contributed by atoms with Crippen molar-refractivity contribution in [2.75, 3.05) is 27.2 Å². The summed E-state index contributed by atoms with van der Waals surface area (Å²) in [5.41, 5.74) is 2.41. The first-order valence-electron chi connectivity index (χ1n) is 10.2. The minimum absolute atomic E-state index is 0.147. The standard InChI is InChI=1S/C23H32N6/c1-6-24-23(25-15-22(28(3)4)21-14-26-29(5)16-21)27-17(2)19-12-11-18-9-7-8-10-20(18)13-19/h7-14,16-17,22H,6,15H2,1-5H3,(H2,24,25,27). The van der Waals surface area contributed by atoms with Crippen molar-refractivity contribution >= 4 is 16.7 Å². The molecule has 3 aromatic rings. The molecule has 1 heterocycles. The lowest BCUT2D eigenvalue weighted by Gasteiger charge is -2.23. The number of hydrogen-bond donors (Lipinski definition) is 2. The van der Waals surface area contributed by atoms with E-state index in [1.54, 1.807) is 0 Å². The van der Waals surface area contributed by atoms with Crippen LogP contribution in [0.5, 0.6) is 0 Å². The van der Waals surface area contributed by atoms with E-state index in [1.807, 2.05) is 17.9 Å². The first kappa shape index (κ1) is 20.9. The van der Waals surface area contributed by atoms with Gasteiger partial charge in [-0.3, -0.25) is 9.67 Å². The minimum atomic E-state index is 0.147. The zero-order chi connectivity index (χ0) is 20.8. The highest BCUT2D eigenvalue weighted by Gasteiger charge is 2.16. The molecule has 2 aromatic carbocycles. The molecule has 0 amide bonds. The van der Waals surface area contributed by atoms with Crippen molar-refractivity contribution in [3.63, 3.8) is 0 Å². The topological polar surface area (TPSA) is 57.5 Å². The second-order valence-electron chi connectivity index (χ2n) is 7.62. The number of nitrogens with one attached hydrogen (secondary N) is 2. The molecular weight excluding hydrogens is 360 g/mol. The summed E-state index contributed by atoms with van der Waals surface area (Å²) in [4.78, 5) is 7.04. The Balaban J connectivity index is 1.75. The van der Waals surface area contributed by atoms with Crippen molar-refractivity contribution in [3.8, 4) is 0 Å². The van der Waals surface area contributed by atoms with Crippen LogP contribution in [0, 0.1) is 0 Å². The molecular formula is C23H32N6. The number of hydrogen-bond acceptors (Lipinski definition) is 3. The number of benzene rings is 2. The summed E-state index contributed by atoms with van der Waals surface area (Å²) >= 11 is 0. The van der Waals surface area contributed by atoms with Crippen LogP contribution in [0.15, 0.2) is 59.9 Å². The van der Waals surface area contributed by atoms with Crippen LogP contribution in [0.2, 0.25) is 0 Å². The highest BCUT2D eigenvalue weighted by molar-refractivity contribution is 5.84. The van der Waals surface area contributed by atoms with Crippen molar-refractivity contribution in [3.05, 3.63) is 66.0 Å². The lowest BCUT2D eigenvalue weighted by Crippen LogP contribution is -2.39. The Morgan fingerprint density at radius 1 is 1.14 bits per heavy atom. The number of likely N-dealkylation sites (N-methyl/N-ethyl adjacent to an activating group) is 1. The molecule has 2 unspecified atom stereocenters. The van der Waals surface area contributed by atoms with Crippen LogP contribution < -0.4 is 10.6 Å². The Labute approximate surface area is 173 Å². The molecule has 29 heavy (non-hydrogen) atoms. The maximum Gasteiger partial charge on any atom is 0.191 e. The fraction of sp³-hybridized carbons (Fsp3) is 0.391. The lowest BCUT2D eigenvalue weighted by molar-refractivity contribution is 0.306. The van der Waals surface area contributed by atoms with E-state index >= 15 is 0 Å². The molecule has 0 saturated carbocycles. The number of guanidine groups is 1. The van der Waals surface area contributed by atoms with Crippen LogP contribution >= 0.6 is 0 Å². The third-order valence-electron chi connectivity index (χ3n) is 5.13. The first-order chi connectivity index (χ1) is 14.0. The molecule has 0 saturated heterocycles. The van der Waals surface area contributed by atoms with Crippen molar-refractivity contribution in [1.82, 2.24) is 25.3 Å². The van der Waals surface area contributed by atoms with Gasteiger partial charge in [0.15, 0.2) is 5.96 Å². The normalized spacial score (nSPS) is 14.2. The summed E-state index contributed by atoms with van der Waals surface area (Å²) in [6.07, 6.45) is 3.97. The molecule has 1 aromatic heterocycles. The molecule has 2 N–H and O–H groups in total. The van der Waals surface area contributed by atoms with Gasteiger partial charge in [0, 0.05) is 25.4 Å². The summed E-state index contributed by atoms with van der Waals surface area (Å²) in [6.45, 7) is 5.72. The van der Waals surface area contributed by atoms with Gasteiger partial charge in [-0.2, -0.15) is 5.10 Å². The van der Waals surface area contributed by atoms with Gasteiger partial charge in [-0.25, -0.2) is 0 Å². The van der Waals surface area contributed by atoms with E-state index < -0.39 is 0 Å². The van der Waals surface area contributed by atoms with Crippen LogP contribution in [0.4, 0.5) is 0 Å². The lowest BCUT2D eigenvalue weighted by atomic mass is 10.0. The van der Waals surface area contributed by atoms with Crippen LogP contribution in [-0.2, 0) is 7.05 Å². The Morgan fingerprint density at radius 2 is 1.90 bits per heavy atom. The monoisotopic (exact) mass is 392 g/mol. The van der Waals surface area contributed by atoms with Gasteiger partial charge in [0.2, 0.25) is 0 Å². The maximum absolute atomic E-state index is 4.86. The fourth-order valence-corrected chi connectivity index (χ4v) is 3.44. The second kappa shape index (κ2) is 9.56. The molecule has 0 fully saturated rings. The average Bonchev–Trinajstić information content (AvgIpc) is 3.13. The van der Waals surface area contributed by atoms with Crippen molar-refractivity contribution < 1.29 is 0 Å². The van der Waals surface area contributed by atoms with Crippen molar-refractivity contribution in [2.24, 2.45) is 12.0 Å². The summed E-state index contributed by atoms with van der Waals surface area (Å²) in [7, 11) is 6.09. The molecule has 0 aliphatic carbocycles. The second-order valence-corrected chi connectivity index (χ2v) is 7.62. The molecule has 0 aliphatic heterocycles. The van der Waals surface area contributed by atoms with E-state index in [2.05, 4.69) is 97.2 Å². The SMILES string of the molecule is CCNC(=NCC(c1cnn(C)c1)N(C)C)NC(C)c1ccc2ccccc2c1. The molecule has 2 atom stereocenters. The van der Waals surface area contributed by atoms with E-state index in [1.165, 1.54) is 21.9 Å². The highest BCUT2D eigenvalue weighted by Crippen LogP contribution is 2.21. The van der Waals surface area contributed by atoms with E-state index in [9.17, 15) is 0 Å². The summed E-state index contributed by atoms with van der Waals surface area (Å²) in [5, 5.41) is 13.7. The van der Waals surface area contributed by atoms with Gasteiger partial charge >= 0.3 is 0 Å². The quantitative estimate of drug-likeness (QED) is 0.477. The average molecular weight is 393 g/mol. The summed E-state index contributed by atoms with van der Waals surface area (Å²) in [5.74, 6) is 0.823. The van der Waals surface area contributed by atoms with Gasteiger partial charge in [-0.15, -0.1) is 0 Å². The van der Waals surface area contributed by atoms with Crippen LogP contribution in [0.3, 0.4) is 0 Å². The van der Waals surface area contributed by atoms with Gasteiger partial charge in [0.25, 0.3) is 0 Å². The number of aromatic nitrogens is 2. The predicted molar refractivity (Wildman–Crippen MR) is 121 cm³/mol. The number of aryl methyl sites for hydroxylation is 1.